The number of carbonyl (C=O) groups is 1. The molecule has 24 heavy (non-hydrogen) atoms. The highest BCUT2D eigenvalue weighted by atomic mass is 35.5. The molecular formula is C20H24ClNOS. The largest absolute Gasteiger partial charge is 0.350 e. The Labute approximate surface area is 154 Å². The molecule has 0 saturated carbocycles. The molecule has 2 aromatic rings. The number of amides is 1. The summed E-state index contributed by atoms with van der Waals surface area (Å²) in [5.41, 5.74) is 3.69. The SMILES string of the molecule is Cc1ccc([C@@H](C)NC(=O)CCCSc2ccc(Cl)cc2)cc1C. The van der Waals surface area contributed by atoms with E-state index in [0.717, 1.165) is 22.8 Å². The van der Waals surface area contributed by atoms with Crippen LogP contribution in [-0.4, -0.2) is 11.7 Å². The fraction of sp³-hybridized carbons (Fsp3) is 0.350. The monoisotopic (exact) mass is 361 g/mol. The second-order valence-electron chi connectivity index (χ2n) is 6.04. The van der Waals surface area contributed by atoms with Gasteiger partial charge in [-0.15, -0.1) is 11.8 Å². The molecule has 2 aromatic carbocycles. The number of aryl methyl sites for hydroxylation is 2. The van der Waals surface area contributed by atoms with Crippen molar-refractivity contribution in [3.05, 3.63) is 64.2 Å². The average molecular weight is 362 g/mol. The molecule has 0 unspecified atom stereocenters. The molecule has 0 aliphatic heterocycles. The van der Waals surface area contributed by atoms with Crippen LogP contribution in [0, 0.1) is 13.8 Å². The van der Waals surface area contributed by atoms with Gasteiger partial charge in [0.25, 0.3) is 0 Å². The normalized spacial score (nSPS) is 12.0. The minimum atomic E-state index is 0.0423. The highest BCUT2D eigenvalue weighted by Gasteiger charge is 2.10. The minimum Gasteiger partial charge on any atom is -0.350 e. The maximum atomic E-state index is 12.1. The van der Waals surface area contributed by atoms with Gasteiger partial charge in [0.1, 0.15) is 0 Å². The molecule has 0 bridgehead atoms. The zero-order valence-electron chi connectivity index (χ0n) is 14.4. The maximum Gasteiger partial charge on any atom is 0.220 e. The van der Waals surface area contributed by atoms with Crippen LogP contribution in [0.3, 0.4) is 0 Å². The minimum absolute atomic E-state index is 0.0423. The third-order valence-electron chi connectivity index (χ3n) is 4.04. The third kappa shape index (κ3) is 5.88. The summed E-state index contributed by atoms with van der Waals surface area (Å²) >= 11 is 7.62. The Hall–Kier alpha value is -1.45. The number of rotatable bonds is 7. The van der Waals surface area contributed by atoms with Crippen molar-refractivity contribution in [1.82, 2.24) is 5.32 Å². The highest BCUT2D eigenvalue weighted by Crippen LogP contribution is 2.21. The van der Waals surface area contributed by atoms with Crippen molar-refractivity contribution in [3.8, 4) is 0 Å². The van der Waals surface area contributed by atoms with Crippen molar-refractivity contribution < 1.29 is 4.79 Å². The number of thioether (sulfide) groups is 1. The molecule has 0 heterocycles. The fourth-order valence-corrected chi connectivity index (χ4v) is 3.36. The van der Waals surface area contributed by atoms with Gasteiger partial charge in [-0.05, 0) is 73.9 Å². The summed E-state index contributed by atoms with van der Waals surface area (Å²) in [7, 11) is 0. The lowest BCUT2D eigenvalue weighted by atomic mass is 10.0. The van der Waals surface area contributed by atoms with Crippen LogP contribution < -0.4 is 5.32 Å². The Morgan fingerprint density at radius 2 is 1.83 bits per heavy atom. The molecule has 2 nitrogen and oxygen atoms in total. The first-order chi connectivity index (χ1) is 11.5. The van der Waals surface area contributed by atoms with Crippen molar-refractivity contribution in [2.24, 2.45) is 0 Å². The summed E-state index contributed by atoms with van der Waals surface area (Å²) < 4.78 is 0. The smallest absolute Gasteiger partial charge is 0.220 e. The summed E-state index contributed by atoms with van der Waals surface area (Å²) in [6.07, 6.45) is 1.41. The standard InChI is InChI=1S/C20H24ClNOS/c1-14-6-7-17(13-15(14)2)16(3)22-20(23)5-4-12-24-19-10-8-18(21)9-11-19/h6-11,13,16H,4-5,12H2,1-3H3,(H,22,23)/t16-/m1/s1. The van der Waals surface area contributed by atoms with E-state index in [0.29, 0.717) is 6.42 Å². The molecule has 1 N–H and O–H groups in total. The molecule has 0 spiro atoms. The predicted molar refractivity (Wildman–Crippen MR) is 104 cm³/mol. The summed E-state index contributed by atoms with van der Waals surface area (Å²) in [6, 6.07) is 14.2. The lowest BCUT2D eigenvalue weighted by Gasteiger charge is -2.15. The molecule has 0 aliphatic rings. The van der Waals surface area contributed by atoms with E-state index >= 15 is 0 Å². The predicted octanol–water partition coefficient (Wildman–Crippen LogP) is 5.71. The topological polar surface area (TPSA) is 29.1 Å². The van der Waals surface area contributed by atoms with Crippen LogP contribution in [0.25, 0.3) is 0 Å². The van der Waals surface area contributed by atoms with Gasteiger partial charge >= 0.3 is 0 Å². The molecule has 0 radical (unpaired) electrons. The number of nitrogens with one attached hydrogen (secondary N) is 1. The van der Waals surface area contributed by atoms with Gasteiger partial charge in [-0.1, -0.05) is 29.8 Å². The van der Waals surface area contributed by atoms with Crippen molar-refractivity contribution in [2.75, 3.05) is 5.75 Å². The lowest BCUT2D eigenvalue weighted by molar-refractivity contribution is -0.121. The molecule has 0 aliphatic carbocycles. The number of hydrogen-bond donors (Lipinski definition) is 1. The highest BCUT2D eigenvalue weighted by molar-refractivity contribution is 7.99. The first-order valence-electron chi connectivity index (χ1n) is 8.20. The Bertz CT molecular complexity index is 685. The van der Waals surface area contributed by atoms with Gasteiger partial charge in [-0.2, -0.15) is 0 Å². The summed E-state index contributed by atoms with van der Waals surface area (Å²) in [4.78, 5) is 13.3. The molecule has 1 atom stereocenters. The van der Waals surface area contributed by atoms with E-state index in [1.807, 2.05) is 31.2 Å². The Kier molecular flexibility index (Phi) is 7.19. The van der Waals surface area contributed by atoms with Gasteiger partial charge in [0, 0.05) is 16.3 Å². The third-order valence-corrected chi connectivity index (χ3v) is 5.39. The second-order valence-corrected chi connectivity index (χ2v) is 7.64. The zero-order chi connectivity index (χ0) is 17.5. The fourth-order valence-electron chi connectivity index (χ4n) is 2.38. The first-order valence-corrected chi connectivity index (χ1v) is 9.57. The Morgan fingerprint density at radius 3 is 2.50 bits per heavy atom. The lowest BCUT2D eigenvalue weighted by Crippen LogP contribution is -2.26. The average Bonchev–Trinajstić information content (AvgIpc) is 2.55. The van der Waals surface area contributed by atoms with Crippen molar-refractivity contribution >= 4 is 29.3 Å². The summed E-state index contributed by atoms with van der Waals surface area (Å²) in [5, 5.41) is 3.83. The van der Waals surface area contributed by atoms with E-state index in [-0.39, 0.29) is 11.9 Å². The zero-order valence-corrected chi connectivity index (χ0v) is 16.0. The van der Waals surface area contributed by atoms with Crippen molar-refractivity contribution in [1.29, 1.82) is 0 Å². The summed E-state index contributed by atoms with van der Waals surface area (Å²) in [5.74, 6) is 1.03. The molecular weight excluding hydrogens is 338 g/mol. The molecule has 4 heteroatoms. The van der Waals surface area contributed by atoms with Gasteiger partial charge in [-0.25, -0.2) is 0 Å². The molecule has 0 fully saturated rings. The van der Waals surface area contributed by atoms with Crippen molar-refractivity contribution in [2.45, 2.75) is 44.6 Å². The van der Waals surface area contributed by atoms with E-state index in [9.17, 15) is 4.79 Å². The molecule has 128 valence electrons. The van der Waals surface area contributed by atoms with Crippen molar-refractivity contribution in [3.63, 3.8) is 0 Å². The van der Waals surface area contributed by atoms with E-state index in [1.54, 1.807) is 11.8 Å². The van der Waals surface area contributed by atoms with Gasteiger partial charge in [-0.3, -0.25) is 4.79 Å². The van der Waals surface area contributed by atoms with Crippen LogP contribution >= 0.6 is 23.4 Å². The number of benzene rings is 2. The molecule has 2 rings (SSSR count). The quantitative estimate of drug-likeness (QED) is 0.505. The number of carbonyl (C=O) groups excluding carboxylic acids is 1. The summed E-state index contributed by atoms with van der Waals surface area (Å²) in [6.45, 7) is 6.23. The van der Waals surface area contributed by atoms with Crippen LogP contribution in [0.4, 0.5) is 0 Å². The van der Waals surface area contributed by atoms with Crippen LogP contribution in [-0.2, 0) is 4.79 Å². The molecule has 1 amide bonds. The number of halogens is 1. The van der Waals surface area contributed by atoms with Crippen LogP contribution in [0.15, 0.2) is 47.4 Å². The van der Waals surface area contributed by atoms with E-state index < -0.39 is 0 Å². The van der Waals surface area contributed by atoms with Gasteiger partial charge < -0.3 is 5.32 Å². The molecule has 0 saturated heterocycles. The Morgan fingerprint density at radius 1 is 1.12 bits per heavy atom. The molecule has 0 aromatic heterocycles. The first kappa shape index (κ1) is 18.9. The van der Waals surface area contributed by atoms with Crippen LogP contribution in [0.2, 0.25) is 5.02 Å². The second kappa shape index (κ2) is 9.14. The van der Waals surface area contributed by atoms with Gasteiger partial charge in [0.15, 0.2) is 0 Å². The van der Waals surface area contributed by atoms with Crippen LogP contribution in [0.1, 0.15) is 42.5 Å². The Balaban J connectivity index is 1.72. The van der Waals surface area contributed by atoms with Gasteiger partial charge in [0.05, 0.1) is 6.04 Å². The van der Waals surface area contributed by atoms with E-state index in [4.69, 9.17) is 11.6 Å². The van der Waals surface area contributed by atoms with Crippen LogP contribution in [0.5, 0.6) is 0 Å². The number of hydrogen-bond acceptors (Lipinski definition) is 2. The van der Waals surface area contributed by atoms with E-state index in [1.165, 1.54) is 16.0 Å². The van der Waals surface area contributed by atoms with Gasteiger partial charge in [0.2, 0.25) is 5.91 Å². The van der Waals surface area contributed by atoms with E-state index in [2.05, 4.69) is 37.4 Å². The maximum absolute atomic E-state index is 12.1.